The molecule has 1 atom stereocenters. The average molecular weight is 263 g/mol. The lowest BCUT2D eigenvalue weighted by Gasteiger charge is -2.16. The molecule has 0 radical (unpaired) electrons. The van der Waals surface area contributed by atoms with Crippen LogP contribution >= 0.6 is 0 Å². The van der Waals surface area contributed by atoms with E-state index in [0.717, 1.165) is 18.4 Å². The summed E-state index contributed by atoms with van der Waals surface area (Å²) in [5.74, 6) is -0.579. The van der Waals surface area contributed by atoms with E-state index in [1.54, 1.807) is 18.5 Å². The van der Waals surface area contributed by atoms with Crippen molar-refractivity contribution in [2.75, 3.05) is 0 Å². The number of rotatable bonds is 6. The molecule has 1 fully saturated rings. The summed E-state index contributed by atoms with van der Waals surface area (Å²) < 4.78 is 0. The largest absolute Gasteiger partial charge is 0.481 e. The van der Waals surface area contributed by atoms with Gasteiger partial charge in [-0.1, -0.05) is 6.07 Å². The van der Waals surface area contributed by atoms with Gasteiger partial charge in [-0.05, 0) is 30.4 Å². The lowest BCUT2D eigenvalue weighted by molar-refractivity contribution is -0.137. The summed E-state index contributed by atoms with van der Waals surface area (Å²) >= 11 is 0. The number of carboxylic acid groups (broad SMARTS) is 1. The lowest BCUT2D eigenvalue weighted by atomic mass is 10.1. The first kappa shape index (κ1) is 13.3. The van der Waals surface area contributed by atoms with Crippen LogP contribution in [-0.4, -0.2) is 28.1 Å². The number of pyridine rings is 1. The minimum absolute atomic E-state index is 0.0228. The number of carbonyl (C=O) groups is 2. The molecule has 2 rings (SSSR count). The van der Waals surface area contributed by atoms with Crippen molar-refractivity contribution < 1.29 is 14.7 Å². The Hall–Kier alpha value is -2.11. The Morgan fingerprint density at radius 2 is 2.26 bits per heavy atom. The first-order valence-corrected chi connectivity index (χ1v) is 6.30. The van der Waals surface area contributed by atoms with Crippen molar-refractivity contribution in [1.29, 1.82) is 0 Å². The van der Waals surface area contributed by atoms with E-state index in [0.29, 0.717) is 12.5 Å². The monoisotopic (exact) mass is 263 g/mol. The summed E-state index contributed by atoms with van der Waals surface area (Å²) in [6.07, 6.45) is 5.29. The molecule has 1 aromatic heterocycles. The summed E-state index contributed by atoms with van der Waals surface area (Å²) in [5, 5.41) is 14.2. The Kier molecular flexibility index (Phi) is 4.33. The first-order chi connectivity index (χ1) is 9.15. The minimum Gasteiger partial charge on any atom is -0.481 e. The summed E-state index contributed by atoms with van der Waals surface area (Å²) in [7, 11) is 0. The highest BCUT2D eigenvalue weighted by Gasteiger charge is 2.33. The van der Waals surface area contributed by atoms with Crippen LogP contribution in [0.1, 0.15) is 24.8 Å². The number of hydrogen-bond donors (Lipinski definition) is 3. The Bertz CT molecular complexity index is 446. The third-order valence-electron chi connectivity index (χ3n) is 3.08. The number of hydrogen-bond acceptors (Lipinski definition) is 3. The fourth-order valence-corrected chi connectivity index (χ4v) is 1.93. The molecule has 1 saturated carbocycles. The van der Waals surface area contributed by atoms with Crippen LogP contribution in [0.25, 0.3) is 0 Å². The van der Waals surface area contributed by atoms with E-state index in [-0.39, 0.29) is 18.5 Å². The molecule has 0 aliphatic heterocycles. The molecule has 1 unspecified atom stereocenters. The van der Waals surface area contributed by atoms with Gasteiger partial charge in [0, 0.05) is 25.0 Å². The van der Waals surface area contributed by atoms with Gasteiger partial charge in [-0.15, -0.1) is 0 Å². The molecule has 1 aliphatic carbocycles. The normalized spacial score (nSPS) is 15.6. The van der Waals surface area contributed by atoms with Crippen molar-refractivity contribution in [2.24, 2.45) is 5.92 Å². The van der Waals surface area contributed by atoms with Crippen LogP contribution in [0.3, 0.4) is 0 Å². The van der Waals surface area contributed by atoms with Crippen LogP contribution < -0.4 is 10.6 Å². The zero-order valence-electron chi connectivity index (χ0n) is 10.5. The third kappa shape index (κ3) is 4.57. The second kappa shape index (κ2) is 6.17. The van der Waals surface area contributed by atoms with Crippen LogP contribution in [0.2, 0.25) is 0 Å². The van der Waals surface area contributed by atoms with Gasteiger partial charge in [0.1, 0.15) is 0 Å². The molecule has 1 aromatic rings. The lowest BCUT2D eigenvalue weighted by Crippen LogP contribution is -2.43. The molecule has 1 heterocycles. The molecule has 0 saturated heterocycles. The zero-order valence-corrected chi connectivity index (χ0v) is 10.5. The maximum absolute atomic E-state index is 11.7. The van der Waals surface area contributed by atoms with Gasteiger partial charge in [0.15, 0.2) is 0 Å². The van der Waals surface area contributed by atoms with Crippen molar-refractivity contribution in [3.8, 4) is 0 Å². The van der Waals surface area contributed by atoms with Crippen LogP contribution in [-0.2, 0) is 11.3 Å². The molecular weight excluding hydrogens is 246 g/mol. The number of carboxylic acids is 1. The highest BCUT2D eigenvalue weighted by atomic mass is 16.4. The van der Waals surface area contributed by atoms with Crippen molar-refractivity contribution >= 4 is 12.0 Å². The molecule has 1 aliphatic rings. The SMILES string of the molecule is O=C(O)CC(NC(=O)NCc1cccnc1)C1CC1. The Morgan fingerprint density at radius 3 is 2.84 bits per heavy atom. The molecule has 102 valence electrons. The van der Waals surface area contributed by atoms with Gasteiger partial charge in [-0.2, -0.15) is 0 Å². The number of nitrogens with zero attached hydrogens (tertiary/aromatic N) is 1. The molecule has 0 bridgehead atoms. The van der Waals surface area contributed by atoms with Gasteiger partial charge in [0.25, 0.3) is 0 Å². The second-order valence-corrected chi connectivity index (χ2v) is 4.73. The number of aromatic nitrogens is 1. The number of amides is 2. The van der Waals surface area contributed by atoms with E-state index in [4.69, 9.17) is 5.11 Å². The van der Waals surface area contributed by atoms with Crippen LogP contribution in [0.4, 0.5) is 4.79 Å². The highest BCUT2D eigenvalue weighted by molar-refractivity contribution is 5.75. The number of nitrogens with one attached hydrogen (secondary N) is 2. The molecule has 6 heteroatoms. The molecule has 19 heavy (non-hydrogen) atoms. The van der Waals surface area contributed by atoms with E-state index < -0.39 is 5.97 Å². The molecule has 2 amide bonds. The molecular formula is C13H17N3O3. The highest BCUT2D eigenvalue weighted by Crippen LogP contribution is 2.33. The predicted octanol–water partition coefficient (Wildman–Crippen LogP) is 1.13. The van der Waals surface area contributed by atoms with Gasteiger partial charge < -0.3 is 15.7 Å². The van der Waals surface area contributed by atoms with Crippen molar-refractivity contribution in [1.82, 2.24) is 15.6 Å². The quantitative estimate of drug-likeness (QED) is 0.717. The van der Waals surface area contributed by atoms with Crippen molar-refractivity contribution in [2.45, 2.75) is 31.8 Å². The fourth-order valence-electron chi connectivity index (χ4n) is 1.93. The third-order valence-corrected chi connectivity index (χ3v) is 3.08. The molecule has 6 nitrogen and oxygen atoms in total. The standard InChI is InChI=1S/C13H17N3O3/c17-12(18)6-11(10-3-4-10)16-13(19)15-8-9-2-1-5-14-7-9/h1-2,5,7,10-11H,3-4,6,8H2,(H,17,18)(H2,15,16,19). The van der Waals surface area contributed by atoms with Gasteiger partial charge in [-0.3, -0.25) is 9.78 Å². The van der Waals surface area contributed by atoms with Gasteiger partial charge in [0.2, 0.25) is 0 Å². The van der Waals surface area contributed by atoms with Gasteiger partial charge in [0.05, 0.1) is 6.42 Å². The van der Waals surface area contributed by atoms with Crippen LogP contribution in [0, 0.1) is 5.92 Å². The Balaban J connectivity index is 1.77. The number of aliphatic carboxylic acids is 1. The van der Waals surface area contributed by atoms with Gasteiger partial charge >= 0.3 is 12.0 Å². The van der Waals surface area contributed by atoms with E-state index in [1.165, 1.54) is 0 Å². The van der Waals surface area contributed by atoms with Crippen molar-refractivity contribution in [3.05, 3.63) is 30.1 Å². The van der Waals surface area contributed by atoms with Gasteiger partial charge in [-0.25, -0.2) is 4.79 Å². The zero-order chi connectivity index (χ0) is 13.7. The summed E-state index contributed by atoms with van der Waals surface area (Å²) in [6, 6.07) is 3.06. The first-order valence-electron chi connectivity index (χ1n) is 6.30. The van der Waals surface area contributed by atoms with Crippen LogP contribution in [0.15, 0.2) is 24.5 Å². The predicted molar refractivity (Wildman–Crippen MR) is 68.4 cm³/mol. The van der Waals surface area contributed by atoms with Crippen LogP contribution in [0.5, 0.6) is 0 Å². The summed E-state index contributed by atoms with van der Waals surface area (Å²) in [4.78, 5) is 26.4. The fraction of sp³-hybridized carbons (Fsp3) is 0.462. The number of carbonyl (C=O) groups excluding carboxylic acids is 1. The molecule has 0 aromatic carbocycles. The maximum atomic E-state index is 11.7. The Morgan fingerprint density at radius 1 is 1.47 bits per heavy atom. The van der Waals surface area contributed by atoms with E-state index >= 15 is 0 Å². The molecule has 3 N–H and O–H groups in total. The molecule has 0 spiro atoms. The summed E-state index contributed by atoms with van der Waals surface area (Å²) in [5.41, 5.74) is 0.902. The van der Waals surface area contributed by atoms with E-state index in [9.17, 15) is 9.59 Å². The topological polar surface area (TPSA) is 91.3 Å². The average Bonchev–Trinajstić information content (AvgIpc) is 3.20. The van der Waals surface area contributed by atoms with Crippen molar-refractivity contribution in [3.63, 3.8) is 0 Å². The minimum atomic E-state index is -0.885. The number of urea groups is 1. The second-order valence-electron chi connectivity index (χ2n) is 4.73. The summed E-state index contributed by atoms with van der Waals surface area (Å²) in [6.45, 7) is 0.379. The van der Waals surface area contributed by atoms with E-state index in [1.807, 2.05) is 6.07 Å². The Labute approximate surface area is 111 Å². The smallest absolute Gasteiger partial charge is 0.315 e. The van der Waals surface area contributed by atoms with E-state index in [2.05, 4.69) is 15.6 Å². The maximum Gasteiger partial charge on any atom is 0.315 e.